The van der Waals surface area contributed by atoms with Crippen LogP contribution in [0.1, 0.15) is 11.1 Å². The summed E-state index contributed by atoms with van der Waals surface area (Å²) < 4.78 is 0. The van der Waals surface area contributed by atoms with Crippen molar-refractivity contribution in [2.75, 3.05) is 5.32 Å². The Balaban J connectivity index is 1.68. The molecule has 5 N–H and O–H groups in total. The van der Waals surface area contributed by atoms with E-state index in [1.54, 1.807) is 36.4 Å². The zero-order valence-corrected chi connectivity index (χ0v) is 14.0. The number of rotatable bonds is 4. The molecule has 0 radical (unpaired) electrons. The van der Waals surface area contributed by atoms with Crippen molar-refractivity contribution in [1.82, 2.24) is 5.32 Å². The van der Waals surface area contributed by atoms with Crippen LogP contribution in [0.25, 0.3) is 10.8 Å². The lowest BCUT2D eigenvalue weighted by molar-refractivity contribution is -0.136. The van der Waals surface area contributed by atoms with Crippen molar-refractivity contribution < 1.29 is 14.7 Å². The number of nitrogens with two attached hydrogens (primary N) is 1. The van der Waals surface area contributed by atoms with Gasteiger partial charge >= 0.3 is 11.8 Å². The Bertz CT molecular complexity index is 969. The van der Waals surface area contributed by atoms with Crippen LogP contribution in [-0.4, -0.2) is 16.9 Å². The van der Waals surface area contributed by atoms with Gasteiger partial charge in [0.05, 0.1) is 0 Å². The molecular weight excluding hydrogens is 330 g/mol. The van der Waals surface area contributed by atoms with E-state index in [0.717, 1.165) is 11.1 Å². The summed E-state index contributed by atoms with van der Waals surface area (Å²) >= 11 is 0. The number of anilines is 1. The minimum atomic E-state index is -0.768. The van der Waals surface area contributed by atoms with Crippen LogP contribution >= 0.6 is 0 Å². The third kappa shape index (κ3) is 3.81. The Morgan fingerprint density at radius 3 is 2.38 bits per heavy atom. The molecule has 6 heteroatoms. The monoisotopic (exact) mass is 349 g/mol. The van der Waals surface area contributed by atoms with Crippen LogP contribution in [0, 0.1) is 0 Å². The van der Waals surface area contributed by atoms with Gasteiger partial charge in [0.1, 0.15) is 5.75 Å². The van der Waals surface area contributed by atoms with E-state index in [-0.39, 0.29) is 12.3 Å². The van der Waals surface area contributed by atoms with Crippen LogP contribution in [-0.2, 0) is 22.7 Å². The van der Waals surface area contributed by atoms with Gasteiger partial charge < -0.3 is 21.5 Å². The minimum Gasteiger partial charge on any atom is -0.507 e. The van der Waals surface area contributed by atoms with Crippen LogP contribution in [0.3, 0.4) is 0 Å². The molecule has 26 heavy (non-hydrogen) atoms. The summed E-state index contributed by atoms with van der Waals surface area (Å²) in [5.41, 5.74) is 7.88. The molecule has 0 bridgehead atoms. The molecule has 3 rings (SSSR count). The lowest BCUT2D eigenvalue weighted by Gasteiger charge is -2.10. The first-order valence-electron chi connectivity index (χ1n) is 8.16. The van der Waals surface area contributed by atoms with E-state index in [1.807, 2.05) is 24.3 Å². The van der Waals surface area contributed by atoms with E-state index in [2.05, 4.69) is 10.6 Å². The highest BCUT2D eigenvalue weighted by Gasteiger charge is 2.15. The molecule has 132 valence electrons. The molecule has 0 spiro atoms. The molecule has 0 aliphatic carbocycles. The van der Waals surface area contributed by atoms with Crippen molar-refractivity contribution in [3.8, 4) is 5.75 Å². The van der Waals surface area contributed by atoms with E-state index in [1.165, 1.54) is 0 Å². The van der Waals surface area contributed by atoms with Gasteiger partial charge in [-0.25, -0.2) is 0 Å². The number of amides is 2. The summed E-state index contributed by atoms with van der Waals surface area (Å²) in [6.07, 6.45) is 0. The summed E-state index contributed by atoms with van der Waals surface area (Å²) in [7, 11) is 0. The topological polar surface area (TPSA) is 104 Å². The molecule has 0 fully saturated rings. The van der Waals surface area contributed by atoms with E-state index in [0.29, 0.717) is 23.0 Å². The van der Waals surface area contributed by atoms with Crippen molar-refractivity contribution in [3.05, 3.63) is 71.8 Å². The maximum Gasteiger partial charge on any atom is 0.313 e. The summed E-state index contributed by atoms with van der Waals surface area (Å²) in [6, 6.07) is 17.6. The molecule has 0 saturated heterocycles. The number of nitrogens with one attached hydrogen (secondary N) is 2. The van der Waals surface area contributed by atoms with Crippen LogP contribution in [0.5, 0.6) is 5.75 Å². The van der Waals surface area contributed by atoms with Crippen molar-refractivity contribution >= 4 is 28.3 Å². The van der Waals surface area contributed by atoms with Gasteiger partial charge in [0.15, 0.2) is 0 Å². The Morgan fingerprint density at radius 2 is 1.58 bits per heavy atom. The highest BCUT2D eigenvalue weighted by molar-refractivity contribution is 6.40. The SMILES string of the molecule is NCc1cccc(CNC(=O)C(=O)Nc2cccc3c(O)cccc23)c1. The third-order valence-electron chi connectivity index (χ3n) is 4.03. The normalized spacial score (nSPS) is 10.5. The van der Waals surface area contributed by atoms with Crippen molar-refractivity contribution in [1.29, 1.82) is 0 Å². The lowest BCUT2D eigenvalue weighted by atomic mass is 10.1. The number of aromatic hydroxyl groups is 1. The molecule has 2 amide bonds. The molecule has 0 heterocycles. The highest BCUT2D eigenvalue weighted by atomic mass is 16.3. The van der Waals surface area contributed by atoms with Gasteiger partial charge in [0.2, 0.25) is 0 Å². The number of fused-ring (bicyclic) bond motifs is 1. The maximum atomic E-state index is 12.2. The molecule has 0 atom stereocenters. The molecule has 0 aromatic heterocycles. The summed E-state index contributed by atoms with van der Waals surface area (Å²) in [5, 5.41) is 16.3. The fourth-order valence-corrected chi connectivity index (χ4v) is 2.71. The van der Waals surface area contributed by atoms with Crippen molar-refractivity contribution in [3.63, 3.8) is 0 Å². The van der Waals surface area contributed by atoms with Crippen molar-refractivity contribution in [2.45, 2.75) is 13.1 Å². The van der Waals surface area contributed by atoms with Crippen LogP contribution in [0.4, 0.5) is 5.69 Å². The van der Waals surface area contributed by atoms with Gasteiger partial charge in [-0.1, -0.05) is 48.5 Å². The second-order valence-corrected chi connectivity index (χ2v) is 5.84. The molecule has 0 aliphatic rings. The zero-order valence-electron chi connectivity index (χ0n) is 14.0. The zero-order chi connectivity index (χ0) is 18.5. The Morgan fingerprint density at radius 1 is 0.885 bits per heavy atom. The van der Waals surface area contributed by atoms with E-state index in [4.69, 9.17) is 5.73 Å². The van der Waals surface area contributed by atoms with Crippen LogP contribution < -0.4 is 16.4 Å². The lowest BCUT2D eigenvalue weighted by Crippen LogP contribution is -2.35. The largest absolute Gasteiger partial charge is 0.507 e. The first kappa shape index (κ1) is 17.4. The second-order valence-electron chi connectivity index (χ2n) is 5.84. The van der Waals surface area contributed by atoms with Gasteiger partial charge in [-0.3, -0.25) is 9.59 Å². The number of hydrogen-bond donors (Lipinski definition) is 4. The predicted molar refractivity (Wildman–Crippen MR) is 100 cm³/mol. The fraction of sp³-hybridized carbons (Fsp3) is 0.100. The fourth-order valence-electron chi connectivity index (χ4n) is 2.71. The third-order valence-corrected chi connectivity index (χ3v) is 4.03. The average Bonchev–Trinajstić information content (AvgIpc) is 2.67. The van der Waals surface area contributed by atoms with Crippen LogP contribution in [0.2, 0.25) is 0 Å². The Hall–Kier alpha value is -3.38. The van der Waals surface area contributed by atoms with Gasteiger partial charge in [-0.15, -0.1) is 0 Å². The second kappa shape index (κ2) is 7.67. The van der Waals surface area contributed by atoms with Gasteiger partial charge in [-0.2, -0.15) is 0 Å². The number of carbonyl (C=O) groups excluding carboxylic acids is 2. The molecule has 0 aliphatic heterocycles. The van der Waals surface area contributed by atoms with Gasteiger partial charge in [0, 0.05) is 29.5 Å². The quantitative estimate of drug-likeness (QED) is 0.542. The molecule has 0 unspecified atom stereocenters. The first-order chi connectivity index (χ1) is 12.6. The maximum absolute atomic E-state index is 12.2. The predicted octanol–water partition coefficient (Wildman–Crippen LogP) is 2.26. The Kier molecular flexibility index (Phi) is 5.15. The molecule has 3 aromatic carbocycles. The number of hydrogen-bond acceptors (Lipinski definition) is 4. The molecule has 3 aromatic rings. The standard InChI is InChI=1S/C20H19N3O3/c21-11-13-4-1-5-14(10-13)12-22-19(25)20(26)23-17-8-2-7-16-15(17)6-3-9-18(16)24/h1-10,24H,11-12,21H2,(H,22,25)(H,23,26). The number of carbonyl (C=O) groups is 2. The average molecular weight is 349 g/mol. The summed E-state index contributed by atoms with van der Waals surface area (Å²) in [4.78, 5) is 24.3. The van der Waals surface area contributed by atoms with Gasteiger partial charge in [-0.05, 0) is 23.3 Å². The Labute approximate surface area is 150 Å². The van der Waals surface area contributed by atoms with E-state index >= 15 is 0 Å². The number of benzene rings is 3. The molecule has 6 nitrogen and oxygen atoms in total. The van der Waals surface area contributed by atoms with Crippen LogP contribution in [0.15, 0.2) is 60.7 Å². The van der Waals surface area contributed by atoms with Gasteiger partial charge in [0.25, 0.3) is 0 Å². The first-order valence-corrected chi connectivity index (χ1v) is 8.16. The van der Waals surface area contributed by atoms with E-state index < -0.39 is 11.8 Å². The minimum absolute atomic E-state index is 0.114. The molecular formula is C20H19N3O3. The summed E-state index contributed by atoms with van der Waals surface area (Å²) in [6.45, 7) is 0.645. The summed E-state index contributed by atoms with van der Waals surface area (Å²) in [5.74, 6) is -1.39. The molecule has 0 saturated carbocycles. The highest BCUT2D eigenvalue weighted by Crippen LogP contribution is 2.29. The number of phenolic OH excluding ortho intramolecular Hbond substituents is 1. The number of phenols is 1. The smallest absolute Gasteiger partial charge is 0.313 e. The van der Waals surface area contributed by atoms with Crippen molar-refractivity contribution in [2.24, 2.45) is 5.73 Å². The van der Waals surface area contributed by atoms with E-state index in [9.17, 15) is 14.7 Å².